The maximum Gasteiger partial charge on any atom is 0.307 e. The highest BCUT2D eigenvalue weighted by Gasteiger charge is 2.11. The first kappa shape index (κ1) is 14.8. The lowest BCUT2D eigenvalue weighted by atomic mass is 10.2. The van der Waals surface area contributed by atoms with Crippen LogP contribution in [-0.2, 0) is 0 Å². The van der Waals surface area contributed by atoms with Gasteiger partial charge in [0.15, 0.2) is 0 Å². The molecule has 0 heterocycles. The number of thioether (sulfide) groups is 1. The average molecular weight is 231 g/mol. The zero-order valence-electron chi connectivity index (χ0n) is 11.0. The molecule has 0 N–H and O–H groups in total. The van der Waals surface area contributed by atoms with Crippen molar-refractivity contribution in [2.24, 2.45) is 0 Å². The highest BCUT2D eigenvalue weighted by molar-refractivity contribution is 8.13. The van der Waals surface area contributed by atoms with Crippen LogP contribution in [0.3, 0.4) is 0 Å². The Hall–Kier alpha value is -0.180. The predicted molar refractivity (Wildman–Crippen MR) is 72.0 cm³/mol. The van der Waals surface area contributed by atoms with E-state index in [1.165, 1.54) is 43.0 Å². The lowest BCUT2D eigenvalue weighted by Crippen LogP contribution is -2.26. The van der Waals surface area contributed by atoms with Crippen LogP contribution in [0.25, 0.3) is 0 Å². The second-order valence-corrected chi connectivity index (χ2v) is 5.40. The zero-order chi connectivity index (χ0) is 11.7. The topological polar surface area (TPSA) is 6.25 Å². The van der Waals surface area contributed by atoms with Crippen molar-refractivity contribution in [3.8, 4) is 0 Å². The number of nitrogens with zero attached hydrogens (tertiary/aromatic N) is 2. The van der Waals surface area contributed by atoms with Crippen LogP contribution in [0, 0.1) is 0 Å². The highest BCUT2D eigenvalue weighted by atomic mass is 32.2. The molecule has 0 saturated carbocycles. The quantitative estimate of drug-likeness (QED) is 0.300. The summed E-state index contributed by atoms with van der Waals surface area (Å²) in [6, 6.07) is 0. The average Bonchev–Trinajstić information content (AvgIpc) is 2.15. The SMILES string of the molecule is CCCCCCCSC(N(C)C)=[N+](C)C. The van der Waals surface area contributed by atoms with Crippen molar-refractivity contribution in [2.75, 3.05) is 33.9 Å². The molecule has 0 aromatic carbocycles. The maximum absolute atomic E-state index is 2.26. The van der Waals surface area contributed by atoms with Gasteiger partial charge in [0.25, 0.3) is 0 Å². The maximum atomic E-state index is 2.26. The third-order valence-electron chi connectivity index (χ3n) is 2.24. The molecule has 0 aromatic rings. The second-order valence-electron chi connectivity index (χ2n) is 4.33. The standard InChI is InChI=1S/C12H27N2S/c1-6-7-8-9-10-11-15-12(13(2)3)14(4)5/h6-11H2,1-5H3/q+1. The third-order valence-corrected chi connectivity index (χ3v) is 3.73. The summed E-state index contributed by atoms with van der Waals surface area (Å²) in [4.78, 5) is 2.19. The Balaban J connectivity index is 3.61. The smallest absolute Gasteiger partial charge is 0.262 e. The minimum Gasteiger partial charge on any atom is -0.262 e. The first-order chi connectivity index (χ1) is 7.09. The lowest BCUT2D eigenvalue weighted by molar-refractivity contribution is -0.466. The van der Waals surface area contributed by atoms with Crippen LogP contribution in [0.15, 0.2) is 0 Å². The van der Waals surface area contributed by atoms with E-state index in [9.17, 15) is 0 Å². The van der Waals surface area contributed by atoms with Crippen LogP contribution >= 0.6 is 11.8 Å². The van der Waals surface area contributed by atoms with E-state index in [4.69, 9.17) is 0 Å². The highest BCUT2D eigenvalue weighted by Crippen LogP contribution is 2.11. The van der Waals surface area contributed by atoms with Crippen LogP contribution in [0.5, 0.6) is 0 Å². The van der Waals surface area contributed by atoms with Gasteiger partial charge in [-0.3, -0.25) is 9.48 Å². The fourth-order valence-electron chi connectivity index (χ4n) is 1.53. The van der Waals surface area contributed by atoms with Crippen molar-refractivity contribution in [1.29, 1.82) is 0 Å². The molecule has 0 unspecified atom stereocenters. The number of rotatable bonds is 6. The Morgan fingerprint density at radius 2 is 1.67 bits per heavy atom. The van der Waals surface area contributed by atoms with Crippen molar-refractivity contribution < 1.29 is 4.58 Å². The fourth-order valence-corrected chi connectivity index (χ4v) is 2.57. The largest absolute Gasteiger partial charge is 0.307 e. The molecule has 0 rings (SSSR count). The van der Waals surface area contributed by atoms with Gasteiger partial charge >= 0.3 is 5.17 Å². The Labute approximate surface area is 99.7 Å². The molecule has 0 aliphatic heterocycles. The van der Waals surface area contributed by atoms with Crippen molar-refractivity contribution in [2.45, 2.75) is 39.0 Å². The monoisotopic (exact) mass is 231 g/mol. The second kappa shape index (κ2) is 9.08. The van der Waals surface area contributed by atoms with Crippen LogP contribution in [0.4, 0.5) is 0 Å². The molecule has 0 atom stereocenters. The van der Waals surface area contributed by atoms with Crippen molar-refractivity contribution in [3.05, 3.63) is 0 Å². The van der Waals surface area contributed by atoms with Gasteiger partial charge in [0.2, 0.25) is 0 Å². The summed E-state index contributed by atoms with van der Waals surface area (Å²) in [6.45, 7) is 2.26. The Bertz CT molecular complexity index is 184. The van der Waals surface area contributed by atoms with Gasteiger partial charge in [-0.15, -0.1) is 0 Å². The van der Waals surface area contributed by atoms with Crippen molar-refractivity contribution in [1.82, 2.24) is 4.90 Å². The number of unbranched alkanes of at least 4 members (excludes halogenated alkanes) is 4. The summed E-state index contributed by atoms with van der Waals surface area (Å²) in [5.74, 6) is 1.25. The molecule has 2 nitrogen and oxygen atoms in total. The summed E-state index contributed by atoms with van der Waals surface area (Å²) in [5.41, 5.74) is 0. The van der Waals surface area contributed by atoms with E-state index >= 15 is 0 Å². The molecule has 0 bridgehead atoms. The summed E-state index contributed by atoms with van der Waals surface area (Å²) in [5, 5.41) is 1.35. The molecule has 0 fully saturated rings. The molecule has 3 heteroatoms. The minimum atomic E-state index is 1.25. The molecule has 0 amide bonds. The zero-order valence-corrected chi connectivity index (χ0v) is 11.9. The summed E-state index contributed by atoms with van der Waals surface area (Å²) in [7, 11) is 8.44. The number of hydrogen-bond donors (Lipinski definition) is 0. The lowest BCUT2D eigenvalue weighted by Gasteiger charge is -2.10. The van der Waals surface area contributed by atoms with Gasteiger partial charge < -0.3 is 0 Å². The Kier molecular flexibility index (Phi) is 8.97. The first-order valence-electron chi connectivity index (χ1n) is 5.94. The normalized spacial score (nSPS) is 10.2. The van der Waals surface area contributed by atoms with E-state index in [2.05, 4.69) is 44.6 Å². The molecule has 0 aliphatic carbocycles. The molecule has 0 aromatic heterocycles. The number of amidine groups is 1. The molecule has 0 aliphatic rings. The van der Waals surface area contributed by atoms with Gasteiger partial charge in [-0.05, 0) is 18.2 Å². The van der Waals surface area contributed by atoms with E-state index < -0.39 is 0 Å². The minimum absolute atomic E-state index is 1.25. The van der Waals surface area contributed by atoms with E-state index in [1.807, 2.05) is 11.8 Å². The summed E-state index contributed by atoms with van der Waals surface area (Å²) >= 11 is 1.96. The summed E-state index contributed by atoms with van der Waals surface area (Å²) < 4.78 is 2.19. The predicted octanol–water partition coefficient (Wildman–Crippen LogP) is 2.88. The molecule has 0 spiro atoms. The van der Waals surface area contributed by atoms with Gasteiger partial charge in [0, 0.05) is 5.75 Å². The summed E-state index contributed by atoms with van der Waals surface area (Å²) in [6.07, 6.45) is 6.85. The van der Waals surface area contributed by atoms with Gasteiger partial charge in [0.1, 0.15) is 0 Å². The van der Waals surface area contributed by atoms with Crippen molar-refractivity contribution >= 4 is 16.9 Å². The van der Waals surface area contributed by atoms with Gasteiger partial charge in [0.05, 0.1) is 28.2 Å². The molecule has 0 saturated heterocycles. The molecule has 90 valence electrons. The number of hydrogen-bond acceptors (Lipinski definition) is 1. The van der Waals surface area contributed by atoms with E-state index in [0.717, 1.165) is 0 Å². The third kappa shape index (κ3) is 7.71. The van der Waals surface area contributed by atoms with Crippen LogP contribution < -0.4 is 0 Å². The van der Waals surface area contributed by atoms with Gasteiger partial charge in [-0.2, -0.15) is 0 Å². The Morgan fingerprint density at radius 3 is 2.13 bits per heavy atom. The van der Waals surface area contributed by atoms with E-state index in [1.54, 1.807) is 0 Å². The molecule has 0 radical (unpaired) electrons. The van der Waals surface area contributed by atoms with E-state index in [-0.39, 0.29) is 0 Å². The fraction of sp³-hybridized carbons (Fsp3) is 0.917. The van der Waals surface area contributed by atoms with E-state index in [0.29, 0.717) is 0 Å². The van der Waals surface area contributed by atoms with Crippen molar-refractivity contribution in [3.63, 3.8) is 0 Å². The molecular weight excluding hydrogens is 204 g/mol. The van der Waals surface area contributed by atoms with Gasteiger partial charge in [-0.25, -0.2) is 0 Å². The van der Waals surface area contributed by atoms with Crippen LogP contribution in [0.1, 0.15) is 39.0 Å². The van der Waals surface area contributed by atoms with Crippen LogP contribution in [-0.4, -0.2) is 48.6 Å². The first-order valence-corrected chi connectivity index (χ1v) is 6.92. The Morgan fingerprint density at radius 1 is 1.07 bits per heavy atom. The van der Waals surface area contributed by atoms with Gasteiger partial charge in [-0.1, -0.05) is 32.6 Å². The molecular formula is C12H27N2S+. The molecule has 15 heavy (non-hydrogen) atoms. The van der Waals surface area contributed by atoms with Crippen LogP contribution in [0.2, 0.25) is 0 Å².